The molecule has 2 N–H and O–H groups in total. The van der Waals surface area contributed by atoms with E-state index in [0.29, 0.717) is 72.3 Å². The lowest BCUT2D eigenvalue weighted by atomic mass is 10.0. The second-order valence-electron chi connectivity index (χ2n) is 12.6. The number of amides is 2. The molecule has 3 aromatic carbocycles. The van der Waals surface area contributed by atoms with E-state index in [2.05, 4.69) is 20.5 Å². The van der Waals surface area contributed by atoms with E-state index in [0.717, 1.165) is 31.6 Å². The maximum absolute atomic E-state index is 15.4. The Morgan fingerprint density at radius 3 is 2.31 bits per heavy atom. The number of hydrogen-bond acceptors (Lipinski definition) is 8. The zero-order valence-electron chi connectivity index (χ0n) is 27.0. The summed E-state index contributed by atoms with van der Waals surface area (Å²) >= 11 is 0. The summed E-state index contributed by atoms with van der Waals surface area (Å²) in [5.41, 5.74) is 1.27. The minimum absolute atomic E-state index is 0.0535. The fourth-order valence-electron chi connectivity index (χ4n) is 6.22. The van der Waals surface area contributed by atoms with E-state index in [1.807, 2.05) is 19.1 Å². The number of carbonyl (C=O) groups is 2. The highest BCUT2D eigenvalue weighted by Crippen LogP contribution is 2.49. The summed E-state index contributed by atoms with van der Waals surface area (Å²) in [5, 5.41) is 6.07. The van der Waals surface area contributed by atoms with Gasteiger partial charge in [0.1, 0.15) is 24.4 Å². The molecule has 1 aromatic heterocycles. The van der Waals surface area contributed by atoms with Crippen molar-refractivity contribution < 1.29 is 32.9 Å². The number of aromatic nitrogens is 1. The van der Waals surface area contributed by atoms with Gasteiger partial charge in [-0.25, -0.2) is 4.39 Å². The van der Waals surface area contributed by atoms with Crippen molar-refractivity contribution >= 4 is 34.1 Å². The summed E-state index contributed by atoms with van der Waals surface area (Å²) in [6.45, 7) is 6.46. The van der Waals surface area contributed by atoms with E-state index in [1.165, 1.54) is 31.4 Å². The summed E-state index contributed by atoms with van der Waals surface area (Å²) in [6, 6.07) is 14.9. The van der Waals surface area contributed by atoms with Crippen LogP contribution in [0.25, 0.3) is 10.9 Å². The number of anilines is 2. The molecule has 1 saturated heterocycles. The Kier molecular flexibility index (Phi) is 9.03. The molecule has 0 spiro atoms. The van der Waals surface area contributed by atoms with Crippen LogP contribution in [0.5, 0.6) is 28.7 Å². The molecule has 11 heteroatoms. The predicted molar refractivity (Wildman–Crippen MR) is 180 cm³/mol. The first-order valence-electron chi connectivity index (χ1n) is 16.6. The van der Waals surface area contributed by atoms with Crippen LogP contribution in [0.15, 0.2) is 60.8 Å². The Bertz CT molecular complexity index is 1820. The summed E-state index contributed by atoms with van der Waals surface area (Å²) in [7, 11) is 0. The molecule has 2 fully saturated rings. The number of fused-ring (bicyclic) bond motifs is 3. The Labute approximate surface area is 278 Å². The van der Waals surface area contributed by atoms with Crippen LogP contribution in [-0.4, -0.2) is 61.2 Å². The van der Waals surface area contributed by atoms with Crippen molar-refractivity contribution in [2.75, 3.05) is 50.1 Å². The van der Waals surface area contributed by atoms with Crippen LogP contribution >= 0.6 is 0 Å². The molecule has 1 saturated carbocycles. The number of ether oxygens (including phenoxy) is 4. The standard InChI is InChI=1S/C37H39FN4O6/c1-24-6-8-25(9-7-24)40-35(43)37(13-14-37)36(44)41-26-10-11-29(27(38)22-26)48-30-12-15-39-28-23-31(33-34(32(28)30)47-21-20-46-33)45-19-5-18-42-16-3-2-4-17-42/h6-12,15,22-23H,2-5,13-14,16-21H2,1H3,(H,40,43)(H,41,44). The van der Waals surface area contributed by atoms with Crippen molar-refractivity contribution in [2.24, 2.45) is 5.41 Å². The molecule has 3 heterocycles. The first kappa shape index (κ1) is 31.7. The van der Waals surface area contributed by atoms with Crippen molar-refractivity contribution in [3.05, 3.63) is 72.2 Å². The van der Waals surface area contributed by atoms with Gasteiger partial charge in [0.05, 0.1) is 17.5 Å². The Hall–Kier alpha value is -4.90. The summed E-state index contributed by atoms with van der Waals surface area (Å²) in [6.07, 6.45) is 7.11. The van der Waals surface area contributed by atoms with Gasteiger partial charge in [-0.1, -0.05) is 24.1 Å². The largest absolute Gasteiger partial charge is 0.489 e. The number of aryl methyl sites for hydroxylation is 1. The average molecular weight is 655 g/mol. The van der Waals surface area contributed by atoms with Crippen LogP contribution in [-0.2, 0) is 9.59 Å². The monoisotopic (exact) mass is 654 g/mol. The first-order chi connectivity index (χ1) is 23.4. The van der Waals surface area contributed by atoms with E-state index in [9.17, 15) is 9.59 Å². The van der Waals surface area contributed by atoms with E-state index >= 15 is 4.39 Å². The Balaban J connectivity index is 1.04. The van der Waals surface area contributed by atoms with Gasteiger partial charge in [0, 0.05) is 36.2 Å². The maximum atomic E-state index is 15.4. The topological polar surface area (TPSA) is 111 Å². The number of rotatable bonds is 11. The van der Waals surface area contributed by atoms with Gasteiger partial charge in [-0.3, -0.25) is 14.6 Å². The van der Waals surface area contributed by atoms with E-state index in [1.54, 1.807) is 36.5 Å². The molecule has 1 aliphatic carbocycles. The summed E-state index contributed by atoms with van der Waals surface area (Å²) in [4.78, 5) is 33.2. The zero-order valence-corrected chi connectivity index (χ0v) is 27.0. The minimum Gasteiger partial charge on any atom is -0.489 e. The Morgan fingerprint density at radius 1 is 0.875 bits per heavy atom. The van der Waals surface area contributed by atoms with Crippen LogP contribution in [0.4, 0.5) is 15.8 Å². The van der Waals surface area contributed by atoms with Gasteiger partial charge in [-0.05, 0) is 82.4 Å². The second kappa shape index (κ2) is 13.7. The van der Waals surface area contributed by atoms with Crippen LogP contribution in [0.1, 0.15) is 44.1 Å². The average Bonchev–Trinajstić information content (AvgIpc) is 3.92. The van der Waals surface area contributed by atoms with E-state index in [-0.39, 0.29) is 17.3 Å². The third-order valence-corrected chi connectivity index (χ3v) is 9.11. The van der Waals surface area contributed by atoms with Crippen LogP contribution in [0, 0.1) is 18.2 Å². The van der Waals surface area contributed by atoms with Crippen LogP contribution in [0.2, 0.25) is 0 Å². The molecular formula is C37H39FN4O6. The lowest BCUT2D eigenvalue weighted by molar-refractivity contribution is -0.131. The number of likely N-dealkylation sites (tertiary alicyclic amines) is 1. The smallest absolute Gasteiger partial charge is 0.240 e. The fourth-order valence-corrected chi connectivity index (χ4v) is 6.22. The van der Waals surface area contributed by atoms with E-state index < -0.39 is 17.1 Å². The lowest BCUT2D eigenvalue weighted by Crippen LogP contribution is -2.35. The van der Waals surface area contributed by atoms with Crippen molar-refractivity contribution in [1.82, 2.24) is 9.88 Å². The van der Waals surface area contributed by atoms with Gasteiger partial charge in [0.2, 0.25) is 17.6 Å². The molecule has 0 unspecified atom stereocenters. The number of benzene rings is 3. The zero-order chi connectivity index (χ0) is 33.1. The molecule has 3 aliphatic rings. The normalized spacial score (nSPS) is 16.6. The van der Waals surface area contributed by atoms with E-state index in [4.69, 9.17) is 18.9 Å². The third-order valence-electron chi connectivity index (χ3n) is 9.11. The second-order valence-corrected chi connectivity index (χ2v) is 12.6. The minimum atomic E-state index is -1.19. The van der Waals surface area contributed by atoms with Gasteiger partial charge < -0.3 is 34.5 Å². The van der Waals surface area contributed by atoms with Gasteiger partial charge in [-0.15, -0.1) is 0 Å². The van der Waals surface area contributed by atoms with Crippen molar-refractivity contribution in [1.29, 1.82) is 0 Å². The molecule has 0 radical (unpaired) electrons. The highest BCUT2D eigenvalue weighted by molar-refractivity contribution is 6.17. The highest BCUT2D eigenvalue weighted by Gasteiger charge is 2.56. The number of hydrogen-bond donors (Lipinski definition) is 2. The SMILES string of the molecule is Cc1ccc(NC(=O)C2(C(=O)Nc3ccc(Oc4ccnc5cc(OCCCN6CCCCC6)c6c(c45)OCCO6)c(F)c3)CC2)cc1. The third kappa shape index (κ3) is 6.73. The Morgan fingerprint density at radius 2 is 1.58 bits per heavy atom. The van der Waals surface area contributed by atoms with Crippen molar-refractivity contribution in [3.8, 4) is 28.7 Å². The summed E-state index contributed by atoms with van der Waals surface area (Å²) in [5.74, 6) is 0.197. The first-order valence-corrected chi connectivity index (χ1v) is 16.6. The van der Waals surface area contributed by atoms with Crippen LogP contribution < -0.4 is 29.6 Å². The maximum Gasteiger partial charge on any atom is 0.240 e. The van der Waals surface area contributed by atoms with Gasteiger partial charge in [0.25, 0.3) is 0 Å². The van der Waals surface area contributed by atoms with Gasteiger partial charge in [0.15, 0.2) is 23.1 Å². The van der Waals surface area contributed by atoms with Crippen molar-refractivity contribution in [3.63, 3.8) is 0 Å². The summed E-state index contributed by atoms with van der Waals surface area (Å²) < 4.78 is 39.7. The lowest BCUT2D eigenvalue weighted by Gasteiger charge is -2.26. The molecule has 7 rings (SSSR count). The number of halogens is 1. The molecule has 48 heavy (non-hydrogen) atoms. The van der Waals surface area contributed by atoms with Gasteiger partial charge >= 0.3 is 0 Å². The number of piperidine rings is 1. The molecule has 4 aromatic rings. The van der Waals surface area contributed by atoms with Gasteiger partial charge in [-0.2, -0.15) is 0 Å². The molecule has 10 nitrogen and oxygen atoms in total. The number of nitrogens with one attached hydrogen (secondary N) is 2. The molecule has 0 bridgehead atoms. The molecule has 2 amide bonds. The molecule has 2 aliphatic heterocycles. The quantitative estimate of drug-likeness (QED) is 0.133. The molecule has 250 valence electrons. The highest BCUT2D eigenvalue weighted by atomic mass is 19.1. The molecular weight excluding hydrogens is 615 g/mol. The molecule has 0 atom stereocenters. The van der Waals surface area contributed by atoms with Crippen LogP contribution in [0.3, 0.4) is 0 Å². The van der Waals surface area contributed by atoms with Crippen molar-refractivity contribution in [2.45, 2.75) is 45.4 Å². The number of carbonyl (C=O) groups excluding carboxylic acids is 2. The fraction of sp³-hybridized carbons (Fsp3) is 0.378. The number of pyridine rings is 1. The predicted octanol–water partition coefficient (Wildman–Crippen LogP) is 6.86. The number of nitrogens with zero attached hydrogens (tertiary/aromatic N) is 2.